The molecule has 1 saturated heterocycles. The summed E-state index contributed by atoms with van der Waals surface area (Å²) >= 11 is 0. The Balaban J connectivity index is 1.73. The normalized spacial score (nSPS) is 31.9. The summed E-state index contributed by atoms with van der Waals surface area (Å²) in [4.78, 5) is 14.6. The molecular formula is C17H33N3O. The van der Waals surface area contributed by atoms with Gasteiger partial charge in [-0.25, -0.2) is 0 Å². The smallest absolute Gasteiger partial charge is 0.220 e. The van der Waals surface area contributed by atoms with Crippen molar-refractivity contribution in [3.8, 4) is 0 Å². The highest BCUT2D eigenvalue weighted by molar-refractivity contribution is 5.76. The zero-order valence-electron chi connectivity index (χ0n) is 14.0. The van der Waals surface area contributed by atoms with Gasteiger partial charge in [-0.1, -0.05) is 6.92 Å². The first-order valence-electron chi connectivity index (χ1n) is 8.72. The van der Waals surface area contributed by atoms with Crippen molar-refractivity contribution in [3.63, 3.8) is 0 Å². The summed E-state index contributed by atoms with van der Waals surface area (Å²) in [6.45, 7) is 4.46. The number of amides is 1. The van der Waals surface area contributed by atoms with Crippen molar-refractivity contribution in [1.29, 1.82) is 0 Å². The second-order valence-corrected chi connectivity index (χ2v) is 7.34. The monoisotopic (exact) mass is 295 g/mol. The van der Waals surface area contributed by atoms with Crippen molar-refractivity contribution in [2.75, 3.05) is 27.2 Å². The summed E-state index contributed by atoms with van der Waals surface area (Å²) in [7, 11) is 4.29. The number of carbonyl (C=O) groups is 1. The standard InChI is InChI=1S/C17H33N3O/c1-13(14-6-5-9-18-12-14)10-17(21)19-15-7-4-8-16(11-15)20(2)3/h13-16,18H,4-12H2,1-3H3,(H,19,21). The Bertz CT molecular complexity index is 326. The van der Waals surface area contributed by atoms with Crippen LogP contribution in [0.3, 0.4) is 0 Å². The van der Waals surface area contributed by atoms with Crippen molar-refractivity contribution >= 4 is 5.91 Å². The molecule has 21 heavy (non-hydrogen) atoms. The summed E-state index contributed by atoms with van der Waals surface area (Å²) in [6, 6.07) is 1.01. The molecule has 2 rings (SSSR count). The van der Waals surface area contributed by atoms with Crippen LogP contribution in [0.25, 0.3) is 0 Å². The Morgan fingerprint density at radius 2 is 2.10 bits per heavy atom. The molecule has 1 aliphatic heterocycles. The number of hydrogen-bond acceptors (Lipinski definition) is 3. The zero-order chi connectivity index (χ0) is 15.2. The van der Waals surface area contributed by atoms with Gasteiger partial charge in [-0.3, -0.25) is 4.79 Å². The second kappa shape index (κ2) is 8.14. The van der Waals surface area contributed by atoms with Crippen LogP contribution in [0.15, 0.2) is 0 Å². The first-order valence-corrected chi connectivity index (χ1v) is 8.72. The Morgan fingerprint density at radius 3 is 2.76 bits per heavy atom. The van der Waals surface area contributed by atoms with Crippen LogP contribution < -0.4 is 10.6 Å². The first-order chi connectivity index (χ1) is 10.1. The number of rotatable bonds is 5. The molecule has 0 bridgehead atoms. The Labute approximate surface area is 130 Å². The molecule has 0 aromatic heterocycles. The Morgan fingerprint density at radius 1 is 1.29 bits per heavy atom. The van der Waals surface area contributed by atoms with Gasteiger partial charge in [-0.15, -0.1) is 0 Å². The van der Waals surface area contributed by atoms with E-state index in [0.717, 1.165) is 25.9 Å². The van der Waals surface area contributed by atoms with Crippen molar-refractivity contribution in [1.82, 2.24) is 15.5 Å². The maximum absolute atomic E-state index is 12.3. The van der Waals surface area contributed by atoms with Crippen LogP contribution >= 0.6 is 0 Å². The predicted molar refractivity (Wildman–Crippen MR) is 87.2 cm³/mol. The Kier molecular flexibility index (Phi) is 6.49. The van der Waals surface area contributed by atoms with Gasteiger partial charge in [0, 0.05) is 18.5 Å². The summed E-state index contributed by atoms with van der Waals surface area (Å²) in [5.41, 5.74) is 0. The highest BCUT2D eigenvalue weighted by atomic mass is 16.1. The third-order valence-electron chi connectivity index (χ3n) is 5.39. The first kappa shape index (κ1) is 16.8. The largest absolute Gasteiger partial charge is 0.353 e. The van der Waals surface area contributed by atoms with E-state index in [-0.39, 0.29) is 5.91 Å². The number of hydrogen-bond donors (Lipinski definition) is 2. The van der Waals surface area contributed by atoms with E-state index in [0.29, 0.717) is 30.3 Å². The molecule has 4 nitrogen and oxygen atoms in total. The van der Waals surface area contributed by atoms with Crippen molar-refractivity contribution < 1.29 is 4.79 Å². The van der Waals surface area contributed by atoms with Gasteiger partial charge in [-0.05, 0) is 77.5 Å². The van der Waals surface area contributed by atoms with Gasteiger partial charge in [0.1, 0.15) is 0 Å². The fraction of sp³-hybridized carbons (Fsp3) is 0.941. The average Bonchev–Trinajstić information content (AvgIpc) is 2.48. The average molecular weight is 295 g/mol. The van der Waals surface area contributed by atoms with E-state index in [2.05, 4.69) is 36.6 Å². The molecule has 4 heteroatoms. The van der Waals surface area contributed by atoms with Gasteiger partial charge in [-0.2, -0.15) is 0 Å². The van der Waals surface area contributed by atoms with Crippen LogP contribution in [0, 0.1) is 11.8 Å². The summed E-state index contributed by atoms with van der Waals surface area (Å²) in [6.07, 6.45) is 7.97. The quantitative estimate of drug-likeness (QED) is 0.815. The predicted octanol–water partition coefficient (Wildman–Crippen LogP) is 2.00. The van der Waals surface area contributed by atoms with E-state index in [1.165, 1.54) is 25.7 Å². The molecule has 2 aliphatic rings. The van der Waals surface area contributed by atoms with Gasteiger partial charge >= 0.3 is 0 Å². The third-order valence-corrected chi connectivity index (χ3v) is 5.39. The number of nitrogens with one attached hydrogen (secondary N) is 2. The molecule has 2 N–H and O–H groups in total. The maximum atomic E-state index is 12.3. The van der Waals surface area contributed by atoms with E-state index in [4.69, 9.17) is 0 Å². The van der Waals surface area contributed by atoms with E-state index in [9.17, 15) is 4.79 Å². The van der Waals surface area contributed by atoms with Crippen molar-refractivity contribution in [2.45, 2.75) is 64.0 Å². The van der Waals surface area contributed by atoms with Gasteiger partial charge < -0.3 is 15.5 Å². The number of nitrogens with zero attached hydrogens (tertiary/aromatic N) is 1. The minimum atomic E-state index is 0.262. The lowest BCUT2D eigenvalue weighted by Gasteiger charge is -2.34. The van der Waals surface area contributed by atoms with Crippen LogP contribution in [-0.2, 0) is 4.79 Å². The highest BCUT2D eigenvalue weighted by Crippen LogP contribution is 2.24. The number of carbonyl (C=O) groups excluding carboxylic acids is 1. The van der Waals surface area contributed by atoms with Gasteiger partial charge in [0.25, 0.3) is 0 Å². The molecule has 1 aliphatic carbocycles. The molecule has 0 aromatic rings. The molecule has 0 radical (unpaired) electrons. The van der Waals surface area contributed by atoms with Crippen LogP contribution in [0.5, 0.6) is 0 Å². The lowest BCUT2D eigenvalue weighted by atomic mass is 9.85. The summed E-state index contributed by atoms with van der Waals surface area (Å²) in [5.74, 6) is 1.42. The summed E-state index contributed by atoms with van der Waals surface area (Å²) in [5, 5.41) is 6.74. The molecular weight excluding hydrogens is 262 g/mol. The lowest BCUT2D eigenvalue weighted by Crippen LogP contribution is -2.44. The molecule has 1 saturated carbocycles. The topological polar surface area (TPSA) is 44.4 Å². The lowest BCUT2D eigenvalue weighted by molar-refractivity contribution is -0.123. The van der Waals surface area contributed by atoms with Crippen molar-refractivity contribution in [3.05, 3.63) is 0 Å². The van der Waals surface area contributed by atoms with Crippen molar-refractivity contribution in [2.24, 2.45) is 11.8 Å². The molecule has 1 heterocycles. The molecule has 1 amide bonds. The zero-order valence-corrected chi connectivity index (χ0v) is 14.0. The van der Waals surface area contributed by atoms with Gasteiger partial charge in [0.05, 0.1) is 0 Å². The van der Waals surface area contributed by atoms with E-state index in [1.807, 2.05) is 0 Å². The van der Waals surface area contributed by atoms with E-state index in [1.54, 1.807) is 0 Å². The molecule has 2 fully saturated rings. The minimum absolute atomic E-state index is 0.262. The molecule has 122 valence electrons. The molecule has 4 atom stereocenters. The third kappa shape index (κ3) is 5.26. The fourth-order valence-corrected chi connectivity index (χ4v) is 3.87. The maximum Gasteiger partial charge on any atom is 0.220 e. The highest BCUT2D eigenvalue weighted by Gasteiger charge is 2.26. The van der Waals surface area contributed by atoms with E-state index < -0.39 is 0 Å². The summed E-state index contributed by atoms with van der Waals surface area (Å²) < 4.78 is 0. The Hall–Kier alpha value is -0.610. The van der Waals surface area contributed by atoms with Gasteiger partial charge in [0.2, 0.25) is 5.91 Å². The molecule has 4 unspecified atom stereocenters. The second-order valence-electron chi connectivity index (χ2n) is 7.34. The van der Waals surface area contributed by atoms with E-state index >= 15 is 0 Å². The fourth-order valence-electron chi connectivity index (χ4n) is 3.87. The molecule has 0 aromatic carbocycles. The SMILES string of the molecule is CC(CC(=O)NC1CCCC(N(C)C)C1)C1CCCNC1. The van der Waals surface area contributed by atoms with Crippen LogP contribution in [0.4, 0.5) is 0 Å². The van der Waals surface area contributed by atoms with Crippen LogP contribution in [0.2, 0.25) is 0 Å². The molecule has 0 spiro atoms. The minimum Gasteiger partial charge on any atom is -0.353 e. The van der Waals surface area contributed by atoms with Crippen LogP contribution in [-0.4, -0.2) is 50.1 Å². The number of piperidine rings is 1. The van der Waals surface area contributed by atoms with Gasteiger partial charge in [0.15, 0.2) is 0 Å². The van der Waals surface area contributed by atoms with Crippen LogP contribution in [0.1, 0.15) is 51.9 Å².